The fourth-order valence-corrected chi connectivity index (χ4v) is 3.99. The Hall–Kier alpha value is -1.78. The van der Waals surface area contributed by atoms with Crippen molar-refractivity contribution < 1.29 is 0 Å². The summed E-state index contributed by atoms with van der Waals surface area (Å²) in [6.45, 7) is 0.776. The molecule has 3 nitrogen and oxygen atoms in total. The fourth-order valence-electron chi connectivity index (χ4n) is 2.86. The number of nitrogens with zero attached hydrogens (tertiary/aromatic N) is 1. The molecule has 0 amide bonds. The van der Waals surface area contributed by atoms with E-state index < -0.39 is 0 Å². The molecule has 0 spiro atoms. The highest BCUT2D eigenvalue weighted by Gasteiger charge is 2.19. The number of hydrogen-bond donors (Lipinski definition) is 2. The predicted molar refractivity (Wildman–Crippen MR) is 87.5 cm³/mol. The number of rotatable bonds is 3. The van der Waals surface area contributed by atoms with Crippen molar-refractivity contribution in [3.63, 3.8) is 0 Å². The minimum Gasteiger partial charge on any atom is -0.341 e. The lowest BCUT2D eigenvalue weighted by molar-refractivity contribution is 0.502. The summed E-state index contributed by atoms with van der Waals surface area (Å²) in [5.41, 5.74) is 3.56. The zero-order chi connectivity index (χ0) is 14.1. The van der Waals surface area contributed by atoms with Gasteiger partial charge in [-0.15, -0.1) is 11.8 Å². The Morgan fingerprint density at radius 1 is 1.14 bits per heavy atom. The molecule has 1 atom stereocenters. The quantitative estimate of drug-likeness (QED) is 0.770. The van der Waals surface area contributed by atoms with Gasteiger partial charge in [0.25, 0.3) is 0 Å². The molecule has 0 saturated heterocycles. The zero-order valence-electron chi connectivity index (χ0n) is 11.7. The summed E-state index contributed by atoms with van der Waals surface area (Å²) in [7, 11) is 0. The Labute approximate surface area is 128 Å². The van der Waals surface area contributed by atoms with Crippen LogP contribution in [0.15, 0.2) is 53.4 Å². The average Bonchev–Trinajstić information content (AvgIpc) is 2.96. The second-order valence-electron chi connectivity index (χ2n) is 5.31. The third-order valence-electron chi connectivity index (χ3n) is 3.91. The van der Waals surface area contributed by atoms with Crippen molar-refractivity contribution in [1.29, 1.82) is 0 Å². The summed E-state index contributed by atoms with van der Waals surface area (Å²) < 4.78 is 0. The van der Waals surface area contributed by atoms with Crippen LogP contribution in [0.3, 0.4) is 0 Å². The monoisotopic (exact) mass is 295 g/mol. The van der Waals surface area contributed by atoms with Gasteiger partial charge in [0.05, 0.1) is 17.6 Å². The van der Waals surface area contributed by atoms with Gasteiger partial charge in [-0.3, -0.25) is 0 Å². The minimum absolute atomic E-state index is 0.427. The van der Waals surface area contributed by atoms with Crippen LogP contribution < -0.4 is 5.32 Å². The van der Waals surface area contributed by atoms with E-state index in [1.807, 2.05) is 30.0 Å². The number of aromatic nitrogens is 2. The number of aromatic amines is 1. The summed E-state index contributed by atoms with van der Waals surface area (Å²) in [4.78, 5) is 9.42. The third kappa shape index (κ3) is 2.57. The summed E-state index contributed by atoms with van der Waals surface area (Å²) in [6, 6.07) is 17.3. The molecular weight excluding hydrogens is 278 g/mol. The lowest BCUT2D eigenvalue weighted by Gasteiger charge is -2.25. The van der Waals surface area contributed by atoms with Crippen LogP contribution in [0.5, 0.6) is 0 Å². The van der Waals surface area contributed by atoms with Gasteiger partial charge in [0, 0.05) is 10.9 Å². The standard InChI is InChI=1S/C17H17N3S/c1-4-8-16-12(5-1)13(9-10-21-16)18-11-17-19-14-6-2-3-7-15(14)20-17/h1-8,13,18H,9-11H2,(H,19,20). The summed E-state index contributed by atoms with van der Waals surface area (Å²) in [6.07, 6.45) is 1.17. The van der Waals surface area contributed by atoms with Crippen molar-refractivity contribution >= 4 is 22.8 Å². The molecule has 0 bridgehead atoms. The largest absolute Gasteiger partial charge is 0.341 e. The number of H-pyrrole nitrogens is 1. The number of imidazole rings is 1. The van der Waals surface area contributed by atoms with Crippen LogP contribution in [0.2, 0.25) is 0 Å². The van der Waals surface area contributed by atoms with Crippen LogP contribution in [0.4, 0.5) is 0 Å². The van der Waals surface area contributed by atoms with E-state index in [2.05, 4.69) is 45.6 Å². The van der Waals surface area contributed by atoms with E-state index in [0.717, 1.165) is 23.4 Å². The molecule has 21 heavy (non-hydrogen) atoms. The van der Waals surface area contributed by atoms with Gasteiger partial charge in [0.2, 0.25) is 0 Å². The first kappa shape index (κ1) is 12.9. The zero-order valence-corrected chi connectivity index (χ0v) is 12.5. The number of nitrogens with one attached hydrogen (secondary N) is 2. The van der Waals surface area contributed by atoms with Crippen molar-refractivity contribution in [3.8, 4) is 0 Å². The van der Waals surface area contributed by atoms with E-state index in [0.29, 0.717) is 6.04 Å². The van der Waals surface area contributed by atoms with Crippen LogP contribution >= 0.6 is 11.8 Å². The Kier molecular flexibility index (Phi) is 3.41. The second kappa shape index (κ2) is 5.54. The minimum atomic E-state index is 0.427. The molecule has 1 aliphatic heterocycles. The fraction of sp³-hybridized carbons (Fsp3) is 0.235. The molecule has 1 unspecified atom stereocenters. The van der Waals surface area contributed by atoms with Gasteiger partial charge in [0.1, 0.15) is 5.82 Å². The summed E-state index contributed by atoms with van der Waals surface area (Å²) >= 11 is 1.95. The van der Waals surface area contributed by atoms with Gasteiger partial charge >= 0.3 is 0 Å². The molecule has 2 N–H and O–H groups in total. The molecule has 2 heterocycles. The number of para-hydroxylation sites is 2. The molecule has 0 saturated carbocycles. The van der Waals surface area contributed by atoms with Crippen LogP contribution in [0.25, 0.3) is 11.0 Å². The number of hydrogen-bond acceptors (Lipinski definition) is 3. The van der Waals surface area contributed by atoms with E-state index in [9.17, 15) is 0 Å². The van der Waals surface area contributed by atoms with E-state index in [1.165, 1.54) is 22.6 Å². The maximum atomic E-state index is 4.63. The SMILES string of the molecule is c1ccc2c(c1)SCCC2NCc1nc2ccccc2[nH]1. The maximum absolute atomic E-state index is 4.63. The molecule has 0 radical (unpaired) electrons. The van der Waals surface area contributed by atoms with Gasteiger partial charge in [-0.05, 0) is 35.9 Å². The summed E-state index contributed by atoms with van der Waals surface area (Å²) in [5, 5.41) is 3.65. The van der Waals surface area contributed by atoms with Crippen LogP contribution in [-0.4, -0.2) is 15.7 Å². The molecule has 4 rings (SSSR count). The Balaban J connectivity index is 1.52. The van der Waals surface area contributed by atoms with Gasteiger partial charge in [-0.2, -0.15) is 0 Å². The van der Waals surface area contributed by atoms with Gasteiger partial charge < -0.3 is 10.3 Å². The number of fused-ring (bicyclic) bond motifs is 2. The third-order valence-corrected chi connectivity index (χ3v) is 5.04. The first-order chi connectivity index (χ1) is 10.4. The lowest BCUT2D eigenvalue weighted by atomic mass is 10.0. The Morgan fingerprint density at radius 3 is 2.95 bits per heavy atom. The second-order valence-corrected chi connectivity index (χ2v) is 6.45. The highest BCUT2D eigenvalue weighted by Crippen LogP contribution is 2.35. The van der Waals surface area contributed by atoms with E-state index in [1.54, 1.807) is 0 Å². The summed E-state index contributed by atoms with van der Waals surface area (Å²) in [5.74, 6) is 2.18. The molecule has 4 heteroatoms. The van der Waals surface area contributed by atoms with E-state index >= 15 is 0 Å². The smallest absolute Gasteiger partial charge is 0.121 e. The van der Waals surface area contributed by atoms with Crippen LogP contribution in [0, 0.1) is 0 Å². The number of benzene rings is 2. The molecule has 1 aromatic heterocycles. The van der Waals surface area contributed by atoms with Gasteiger partial charge in [0.15, 0.2) is 0 Å². The highest BCUT2D eigenvalue weighted by atomic mass is 32.2. The molecule has 1 aliphatic rings. The van der Waals surface area contributed by atoms with Gasteiger partial charge in [-0.1, -0.05) is 30.3 Å². The van der Waals surface area contributed by atoms with E-state index in [4.69, 9.17) is 0 Å². The Bertz CT molecular complexity index is 732. The first-order valence-corrected chi connectivity index (χ1v) is 8.27. The van der Waals surface area contributed by atoms with Crippen molar-refractivity contribution in [3.05, 3.63) is 59.9 Å². The average molecular weight is 295 g/mol. The molecule has 106 valence electrons. The lowest BCUT2D eigenvalue weighted by Crippen LogP contribution is -2.24. The van der Waals surface area contributed by atoms with E-state index in [-0.39, 0.29) is 0 Å². The van der Waals surface area contributed by atoms with Crippen molar-refractivity contribution in [1.82, 2.24) is 15.3 Å². The predicted octanol–water partition coefficient (Wildman–Crippen LogP) is 3.89. The van der Waals surface area contributed by atoms with Crippen LogP contribution in [-0.2, 0) is 6.54 Å². The molecule has 3 aromatic rings. The van der Waals surface area contributed by atoms with Crippen LogP contribution in [0.1, 0.15) is 23.9 Å². The normalized spacial score (nSPS) is 17.8. The van der Waals surface area contributed by atoms with Crippen molar-refractivity contribution in [2.24, 2.45) is 0 Å². The number of thioether (sulfide) groups is 1. The topological polar surface area (TPSA) is 40.7 Å². The molecular formula is C17H17N3S. The van der Waals surface area contributed by atoms with Crippen molar-refractivity contribution in [2.45, 2.75) is 23.9 Å². The highest BCUT2D eigenvalue weighted by molar-refractivity contribution is 7.99. The molecule has 2 aromatic carbocycles. The molecule has 0 fully saturated rings. The molecule has 0 aliphatic carbocycles. The Morgan fingerprint density at radius 2 is 2.00 bits per heavy atom. The van der Waals surface area contributed by atoms with Gasteiger partial charge in [-0.25, -0.2) is 4.98 Å². The first-order valence-electron chi connectivity index (χ1n) is 7.29. The van der Waals surface area contributed by atoms with Crippen molar-refractivity contribution in [2.75, 3.05) is 5.75 Å². The maximum Gasteiger partial charge on any atom is 0.121 e.